The van der Waals surface area contributed by atoms with Gasteiger partial charge in [-0.2, -0.15) is 0 Å². The van der Waals surface area contributed by atoms with Crippen LogP contribution in [0.4, 0.5) is 0 Å². The van der Waals surface area contributed by atoms with Crippen LogP contribution in [-0.2, 0) is 9.59 Å². The SMILES string of the molecule is CC(=C/C=O)/C=C/C1([O-])C(C)CC(=O)CC1(C)C. The fraction of sp³-hybridized carbons (Fsp3) is 0.600. The van der Waals surface area contributed by atoms with Gasteiger partial charge in [0.15, 0.2) is 0 Å². The van der Waals surface area contributed by atoms with Crippen LogP contribution in [0, 0.1) is 11.3 Å². The van der Waals surface area contributed by atoms with E-state index in [-0.39, 0.29) is 11.7 Å². The first-order valence-corrected chi connectivity index (χ1v) is 6.26. The average Bonchev–Trinajstić information content (AvgIpc) is 2.23. The second-order valence-electron chi connectivity index (χ2n) is 5.88. The number of hydrogen-bond donors (Lipinski definition) is 0. The summed E-state index contributed by atoms with van der Waals surface area (Å²) in [7, 11) is 0. The number of ketones is 1. The molecule has 0 N–H and O–H groups in total. The molecule has 0 spiro atoms. The quantitative estimate of drug-likeness (QED) is 0.435. The normalized spacial score (nSPS) is 32.8. The molecule has 0 aromatic rings. The van der Waals surface area contributed by atoms with Gasteiger partial charge in [-0.25, -0.2) is 0 Å². The maximum Gasteiger partial charge on any atom is 0.143 e. The summed E-state index contributed by atoms with van der Waals surface area (Å²) in [5, 5.41) is 13.0. The molecular formula is C15H21O3-. The van der Waals surface area contributed by atoms with Gasteiger partial charge in [0.1, 0.15) is 12.1 Å². The molecule has 1 fully saturated rings. The fourth-order valence-electron chi connectivity index (χ4n) is 2.67. The summed E-state index contributed by atoms with van der Waals surface area (Å²) >= 11 is 0. The van der Waals surface area contributed by atoms with E-state index in [4.69, 9.17) is 0 Å². The second kappa shape index (κ2) is 5.19. The molecule has 0 aliphatic heterocycles. The number of carbonyl (C=O) groups excluding carboxylic acids is 2. The molecule has 2 atom stereocenters. The third kappa shape index (κ3) is 2.78. The molecule has 3 heteroatoms. The van der Waals surface area contributed by atoms with Crippen LogP contribution in [0.3, 0.4) is 0 Å². The van der Waals surface area contributed by atoms with Crippen molar-refractivity contribution >= 4 is 12.1 Å². The molecule has 100 valence electrons. The number of rotatable bonds is 3. The second-order valence-corrected chi connectivity index (χ2v) is 5.88. The Balaban J connectivity index is 3.05. The summed E-state index contributed by atoms with van der Waals surface area (Å²) in [4.78, 5) is 21.9. The van der Waals surface area contributed by atoms with Gasteiger partial charge in [0.2, 0.25) is 0 Å². The number of Topliss-reactive ketones (excluding diaryl/α,β-unsaturated/α-hetero) is 1. The molecule has 1 rings (SSSR count). The van der Waals surface area contributed by atoms with E-state index in [1.165, 1.54) is 6.08 Å². The number of aldehydes is 1. The predicted octanol–water partition coefficient (Wildman–Crippen LogP) is 1.81. The van der Waals surface area contributed by atoms with Gasteiger partial charge in [-0.3, -0.25) is 9.59 Å². The van der Waals surface area contributed by atoms with E-state index in [0.717, 1.165) is 5.57 Å². The zero-order valence-corrected chi connectivity index (χ0v) is 11.5. The van der Waals surface area contributed by atoms with Crippen LogP contribution in [-0.4, -0.2) is 17.7 Å². The van der Waals surface area contributed by atoms with Gasteiger partial charge in [0.25, 0.3) is 0 Å². The minimum absolute atomic E-state index is 0.160. The van der Waals surface area contributed by atoms with Crippen LogP contribution in [0.25, 0.3) is 0 Å². The van der Waals surface area contributed by atoms with Gasteiger partial charge < -0.3 is 5.11 Å². The number of allylic oxidation sites excluding steroid dienone is 3. The Bertz CT molecular complexity index is 404. The van der Waals surface area contributed by atoms with Crippen molar-refractivity contribution in [1.29, 1.82) is 0 Å². The fourth-order valence-corrected chi connectivity index (χ4v) is 2.67. The molecule has 0 saturated heterocycles. The molecule has 3 nitrogen and oxygen atoms in total. The molecule has 2 unspecified atom stereocenters. The Morgan fingerprint density at radius 3 is 2.56 bits per heavy atom. The third-order valence-corrected chi connectivity index (χ3v) is 3.89. The predicted molar refractivity (Wildman–Crippen MR) is 68.9 cm³/mol. The highest BCUT2D eigenvalue weighted by Crippen LogP contribution is 2.44. The summed E-state index contributed by atoms with van der Waals surface area (Å²) < 4.78 is 0. The van der Waals surface area contributed by atoms with Crippen molar-refractivity contribution in [3.8, 4) is 0 Å². The molecule has 1 saturated carbocycles. The van der Waals surface area contributed by atoms with E-state index in [1.54, 1.807) is 19.1 Å². The Morgan fingerprint density at radius 2 is 2.06 bits per heavy atom. The van der Waals surface area contributed by atoms with E-state index in [2.05, 4.69) is 0 Å². The van der Waals surface area contributed by atoms with Crippen LogP contribution in [0.5, 0.6) is 0 Å². The highest BCUT2D eigenvalue weighted by Gasteiger charge is 2.43. The highest BCUT2D eigenvalue weighted by atomic mass is 16.3. The van der Waals surface area contributed by atoms with Crippen molar-refractivity contribution in [3.05, 3.63) is 23.8 Å². The summed E-state index contributed by atoms with van der Waals surface area (Å²) in [6, 6.07) is 0. The topological polar surface area (TPSA) is 57.2 Å². The molecule has 0 heterocycles. The van der Waals surface area contributed by atoms with E-state index in [9.17, 15) is 14.7 Å². The Labute approximate surface area is 109 Å². The molecule has 1 aliphatic carbocycles. The van der Waals surface area contributed by atoms with Crippen molar-refractivity contribution in [2.45, 2.75) is 46.1 Å². The first-order chi connectivity index (χ1) is 8.23. The molecule has 1 aliphatic rings. The first kappa shape index (κ1) is 14.8. The maximum absolute atomic E-state index is 13.0. The van der Waals surface area contributed by atoms with Crippen molar-refractivity contribution in [2.75, 3.05) is 0 Å². The Kier molecular flexibility index (Phi) is 4.28. The summed E-state index contributed by atoms with van der Waals surface area (Å²) in [5.74, 6) is -0.0680. The summed E-state index contributed by atoms with van der Waals surface area (Å²) in [6.45, 7) is 7.29. The minimum Gasteiger partial charge on any atom is -0.846 e. The molecular weight excluding hydrogens is 228 g/mol. The van der Waals surface area contributed by atoms with E-state index >= 15 is 0 Å². The lowest BCUT2D eigenvalue weighted by molar-refractivity contribution is -0.502. The lowest BCUT2D eigenvalue weighted by Crippen LogP contribution is -2.62. The lowest BCUT2D eigenvalue weighted by Gasteiger charge is -2.58. The van der Waals surface area contributed by atoms with Gasteiger partial charge in [0, 0.05) is 12.8 Å². The maximum atomic E-state index is 13.0. The highest BCUT2D eigenvalue weighted by molar-refractivity contribution is 5.81. The van der Waals surface area contributed by atoms with E-state index in [1.807, 2.05) is 20.8 Å². The zero-order chi connectivity index (χ0) is 14.0. The molecule has 0 aromatic carbocycles. The lowest BCUT2D eigenvalue weighted by atomic mass is 9.60. The smallest absolute Gasteiger partial charge is 0.143 e. The van der Waals surface area contributed by atoms with Gasteiger partial charge in [0.05, 0.1) is 0 Å². The standard InChI is InChI=1S/C15H21O3/c1-11(6-8-16)5-7-15(18)12(2)9-13(17)10-14(15,3)4/h5-8,12H,9-10H2,1-4H3/q-1/b7-5+,11-6-. The number of hydrogen-bond acceptors (Lipinski definition) is 3. The van der Waals surface area contributed by atoms with Crippen LogP contribution < -0.4 is 5.11 Å². The van der Waals surface area contributed by atoms with Crippen LogP contribution in [0.1, 0.15) is 40.5 Å². The Morgan fingerprint density at radius 1 is 1.44 bits per heavy atom. The monoisotopic (exact) mass is 249 g/mol. The van der Waals surface area contributed by atoms with Crippen molar-refractivity contribution in [2.24, 2.45) is 11.3 Å². The summed E-state index contributed by atoms with van der Waals surface area (Å²) in [6.07, 6.45) is 6.10. The van der Waals surface area contributed by atoms with Crippen molar-refractivity contribution < 1.29 is 14.7 Å². The first-order valence-electron chi connectivity index (χ1n) is 6.26. The van der Waals surface area contributed by atoms with Crippen molar-refractivity contribution in [1.82, 2.24) is 0 Å². The van der Waals surface area contributed by atoms with Gasteiger partial charge in [-0.1, -0.05) is 38.5 Å². The zero-order valence-electron chi connectivity index (χ0n) is 11.5. The number of carbonyl (C=O) groups is 2. The largest absolute Gasteiger partial charge is 0.846 e. The van der Waals surface area contributed by atoms with Crippen molar-refractivity contribution in [3.63, 3.8) is 0 Å². The molecule has 18 heavy (non-hydrogen) atoms. The molecule has 0 bridgehead atoms. The van der Waals surface area contributed by atoms with Crippen LogP contribution in [0.15, 0.2) is 23.8 Å². The average molecular weight is 249 g/mol. The minimum atomic E-state index is -1.26. The molecule has 0 radical (unpaired) electrons. The summed E-state index contributed by atoms with van der Waals surface area (Å²) in [5.41, 5.74) is -1.11. The molecule has 0 aromatic heterocycles. The van der Waals surface area contributed by atoms with Gasteiger partial charge >= 0.3 is 0 Å². The third-order valence-electron chi connectivity index (χ3n) is 3.89. The van der Waals surface area contributed by atoms with Crippen LogP contribution >= 0.6 is 0 Å². The van der Waals surface area contributed by atoms with Gasteiger partial charge in [-0.05, 0) is 29.9 Å². The van der Waals surface area contributed by atoms with E-state index in [0.29, 0.717) is 19.1 Å². The Hall–Kier alpha value is -1.22. The molecule has 0 amide bonds. The van der Waals surface area contributed by atoms with E-state index < -0.39 is 11.0 Å². The van der Waals surface area contributed by atoms with Gasteiger partial charge in [-0.15, -0.1) is 0 Å². The van der Waals surface area contributed by atoms with Crippen LogP contribution in [0.2, 0.25) is 0 Å².